The standard InChI is InChI=1S/C13H14F3NO3/c1-3-10(12(19)20-2)17-11(18)8-6-4-5-7-9(8)13(14,15)16/h4-7,10H,3H2,1-2H3,(H,17,18)/t10-/m0/s1. The van der Waals surface area contributed by atoms with Gasteiger partial charge in [-0.1, -0.05) is 19.1 Å². The second-order valence-corrected chi connectivity index (χ2v) is 4.00. The quantitative estimate of drug-likeness (QED) is 0.866. The highest BCUT2D eigenvalue weighted by Gasteiger charge is 2.35. The number of ether oxygens (including phenoxy) is 1. The van der Waals surface area contributed by atoms with Gasteiger partial charge in [-0.2, -0.15) is 13.2 Å². The predicted molar refractivity (Wildman–Crippen MR) is 65.0 cm³/mol. The Morgan fingerprint density at radius 3 is 2.40 bits per heavy atom. The molecule has 0 saturated heterocycles. The lowest BCUT2D eigenvalue weighted by atomic mass is 10.1. The largest absolute Gasteiger partial charge is 0.467 e. The Hall–Kier alpha value is -2.05. The Balaban J connectivity index is 3.01. The number of hydrogen-bond acceptors (Lipinski definition) is 3. The topological polar surface area (TPSA) is 55.4 Å². The normalized spacial score (nSPS) is 12.7. The summed E-state index contributed by atoms with van der Waals surface area (Å²) in [5, 5.41) is 2.23. The van der Waals surface area contributed by atoms with E-state index in [2.05, 4.69) is 10.1 Å². The van der Waals surface area contributed by atoms with E-state index in [1.807, 2.05) is 0 Å². The second-order valence-electron chi connectivity index (χ2n) is 4.00. The van der Waals surface area contributed by atoms with Crippen molar-refractivity contribution in [2.24, 2.45) is 0 Å². The fraction of sp³-hybridized carbons (Fsp3) is 0.385. The van der Waals surface area contributed by atoms with Crippen molar-refractivity contribution in [1.29, 1.82) is 0 Å². The van der Waals surface area contributed by atoms with Crippen LogP contribution in [0, 0.1) is 0 Å². The number of carbonyl (C=O) groups excluding carboxylic acids is 2. The molecule has 1 amide bonds. The molecule has 1 atom stereocenters. The maximum atomic E-state index is 12.8. The van der Waals surface area contributed by atoms with Crippen LogP contribution in [0.4, 0.5) is 13.2 Å². The SMILES string of the molecule is CC[C@H](NC(=O)c1ccccc1C(F)(F)F)C(=O)OC. The first-order valence-electron chi connectivity index (χ1n) is 5.86. The third-order valence-electron chi connectivity index (χ3n) is 2.68. The van der Waals surface area contributed by atoms with E-state index >= 15 is 0 Å². The maximum Gasteiger partial charge on any atom is 0.417 e. The summed E-state index contributed by atoms with van der Waals surface area (Å²) in [5.74, 6) is -1.67. The molecule has 110 valence electrons. The van der Waals surface area contributed by atoms with Crippen LogP contribution in [0.5, 0.6) is 0 Å². The summed E-state index contributed by atoms with van der Waals surface area (Å²) in [6, 6.07) is 3.41. The van der Waals surface area contributed by atoms with E-state index in [1.165, 1.54) is 12.1 Å². The van der Waals surface area contributed by atoms with Gasteiger partial charge >= 0.3 is 12.1 Å². The van der Waals surface area contributed by atoms with Crippen LogP contribution in [0.15, 0.2) is 24.3 Å². The summed E-state index contributed by atoms with van der Waals surface area (Å²) in [4.78, 5) is 23.2. The Morgan fingerprint density at radius 2 is 1.90 bits per heavy atom. The molecular formula is C13H14F3NO3. The van der Waals surface area contributed by atoms with Gasteiger partial charge in [0.25, 0.3) is 5.91 Å². The number of halogens is 3. The van der Waals surface area contributed by atoms with Crippen LogP contribution in [-0.2, 0) is 15.7 Å². The highest BCUT2D eigenvalue weighted by Crippen LogP contribution is 2.31. The van der Waals surface area contributed by atoms with Gasteiger partial charge in [0.15, 0.2) is 0 Å². The number of methoxy groups -OCH3 is 1. The first-order valence-corrected chi connectivity index (χ1v) is 5.86. The lowest BCUT2D eigenvalue weighted by Crippen LogP contribution is -2.41. The molecule has 4 nitrogen and oxygen atoms in total. The maximum absolute atomic E-state index is 12.8. The number of amides is 1. The van der Waals surface area contributed by atoms with E-state index in [9.17, 15) is 22.8 Å². The van der Waals surface area contributed by atoms with Gasteiger partial charge in [0, 0.05) is 0 Å². The molecule has 0 spiro atoms. The molecule has 1 rings (SSSR count). The second kappa shape index (κ2) is 6.40. The molecule has 0 aliphatic rings. The number of nitrogens with one attached hydrogen (secondary N) is 1. The molecule has 0 bridgehead atoms. The van der Waals surface area contributed by atoms with Crippen molar-refractivity contribution in [3.63, 3.8) is 0 Å². The lowest BCUT2D eigenvalue weighted by molar-refractivity contribution is -0.142. The fourth-order valence-electron chi connectivity index (χ4n) is 1.63. The molecule has 1 N–H and O–H groups in total. The molecule has 0 heterocycles. The van der Waals surface area contributed by atoms with Crippen LogP contribution >= 0.6 is 0 Å². The van der Waals surface area contributed by atoms with Gasteiger partial charge in [0.05, 0.1) is 18.2 Å². The minimum atomic E-state index is -4.64. The first-order chi connectivity index (χ1) is 9.31. The zero-order valence-electron chi connectivity index (χ0n) is 11.0. The van der Waals surface area contributed by atoms with Gasteiger partial charge in [-0.15, -0.1) is 0 Å². The first kappa shape index (κ1) is 16.0. The van der Waals surface area contributed by atoms with E-state index in [0.717, 1.165) is 19.2 Å². The number of benzene rings is 1. The Bertz CT molecular complexity index is 500. The average molecular weight is 289 g/mol. The zero-order chi connectivity index (χ0) is 15.3. The van der Waals surface area contributed by atoms with Crippen LogP contribution in [0.1, 0.15) is 29.3 Å². The summed E-state index contributed by atoms with van der Waals surface area (Å²) < 4.78 is 42.8. The molecule has 0 aromatic heterocycles. The third kappa shape index (κ3) is 3.72. The van der Waals surface area contributed by atoms with Gasteiger partial charge in [-0.25, -0.2) is 4.79 Å². The third-order valence-corrected chi connectivity index (χ3v) is 2.68. The van der Waals surface area contributed by atoms with Crippen molar-refractivity contribution in [2.45, 2.75) is 25.6 Å². The summed E-state index contributed by atoms with van der Waals surface area (Å²) in [5.41, 5.74) is -1.57. The van der Waals surface area contributed by atoms with Crippen LogP contribution < -0.4 is 5.32 Å². The minimum absolute atomic E-state index is 0.215. The molecule has 0 aliphatic heterocycles. The van der Waals surface area contributed by atoms with Crippen molar-refractivity contribution in [2.75, 3.05) is 7.11 Å². The van der Waals surface area contributed by atoms with Crippen molar-refractivity contribution in [1.82, 2.24) is 5.32 Å². The number of esters is 1. The summed E-state index contributed by atoms with van der Waals surface area (Å²) >= 11 is 0. The van der Waals surface area contributed by atoms with Crippen molar-refractivity contribution < 1.29 is 27.5 Å². The Labute approximate surface area is 113 Å². The van der Waals surface area contributed by atoms with Crippen LogP contribution in [0.25, 0.3) is 0 Å². The van der Waals surface area contributed by atoms with E-state index in [-0.39, 0.29) is 6.42 Å². The zero-order valence-corrected chi connectivity index (χ0v) is 11.0. The molecule has 0 fully saturated rings. The van der Waals surface area contributed by atoms with Gasteiger partial charge in [-0.05, 0) is 18.6 Å². The van der Waals surface area contributed by atoms with Crippen LogP contribution in [0.2, 0.25) is 0 Å². The van der Waals surface area contributed by atoms with Gasteiger partial charge in [0.1, 0.15) is 6.04 Å². The average Bonchev–Trinajstić information content (AvgIpc) is 2.42. The van der Waals surface area contributed by atoms with E-state index in [0.29, 0.717) is 0 Å². The van der Waals surface area contributed by atoms with Crippen molar-refractivity contribution in [3.05, 3.63) is 35.4 Å². The highest BCUT2D eigenvalue weighted by atomic mass is 19.4. The van der Waals surface area contributed by atoms with Crippen molar-refractivity contribution in [3.8, 4) is 0 Å². The molecule has 0 saturated carbocycles. The van der Waals surface area contributed by atoms with Gasteiger partial charge < -0.3 is 10.1 Å². The number of carbonyl (C=O) groups is 2. The molecule has 0 unspecified atom stereocenters. The van der Waals surface area contributed by atoms with Gasteiger partial charge in [0.2, 0.25) is 0 Å². The smallest absolute Gasteiger partial charge is 0.417 e. The van der Waals surface area contributed by atoms with E-state index in [4.69, 9.17) is 0 Å². The number of rotatable bonds is 4. The fourth-order valence-corrected chi connectivity index (χ4v) is 1.63. The minimum Gasteiger partial charge on any atom is -0.467 e. The predicted octanol–water partition coefficient (Wildman–Crippen LogP) is 2.39. The molecule has 20 heavy (non-hydrogen) atoms. The number of alkyl halides is 3. The molecule has 7 heteroatoms. The highest BCUT2D eigenvalue weighted by molar-refractivity contribution is 5.98. The Kier molecular flexibility index (Phi) is 5.12. The monoisotopic (exact) mass is 289 g/mol. The van der Waals surface area contributed by atoms with Crippen molar-refractivity contribution >= 4 is 11.9 Å². The Morgan fingerprint density at radius 1 is 1.30 bits per heavy atom. The molecule has 0 radical (unpaired) electrons. The van der Waals surface area contributed by atoms with Crippen LogP contribution in [-0.4, -0.2) is 25.0 Å². The van der Waals surface area contributed by atoms with Crippen LogP contribution in [0.3, 0.4) is 0 Å². The lowest BCUT2D eigenvalue weighted by Gasteiger charge is -2.17. The molecule has 0 aliphatic carbocycles. The van der Waals surface area contributed by atoms with E-state index < -0.39 is 35.2 Å². The molecule has 1 aromatic rings. The molecule has 1 aromatic carbocycles. The molecular weight excluding hydrogens is 275 g/mol. The summed E-state index contributed by atoms with van der Waals surface area (Å²) in [7, 11) is 1.14. The number of hydrogen-bond donors (Lipinski definition) is 1. The van der Waals surface area contributed by atoms with E-state index in [1.54, 1.807) is 6.92 Å². The summed E-state index contributed by atoms with van der Waals surface area (Å²) in [6.45, 7) is 1.61. The van der Waals surface area contributed by atoms with Gasteiger partial charge in [-0.3, -0.25) is 4.79 Å². The summed E-state index contributed by atoms with van der Waals surface area (Å²) in [6.07, 6.45) is -4.42.